The number of aromatic nitrogens is 2. The van der Waals surface area contributed by atoms with Crippen LogP contribution in [-0.2, 0) is 5.41 Å². The third-order valence-electron chi connectivity index (χ3n) is 3.31. The lowest BCUT2D eigenvalue weighted by atomic mass is 9.93. The summed E-state index contributed by atoms with van der Waals surface area (Å²) in [4.78, 5) is 16.4. The lowest BCUT2D eigenvalue weighted by Gasteiger charge is -2.14. The van der Waals surface area contributed by atoms with E-state index in [-0.39, 0.29) is 17.2 Å². The van der Waals surface area contributed by atoms with Gasteiger partial charge in [-0.25, -0.2) is 4.98 Å². The summed E-state index contributed by atoms with van der Waals surface area (Å²) < 4.78 is 1.68. The van der Waals surface area contributed by atoms with E-state index in [0.29, 0.717) is 0 Å². The van der Waals surface area contributed by atoms with Gasteiger partial charge in [0.1, 0.15) is 6.33 Å². The molecule has 0 aliphatic heterocycles. The molecule has 1 saturated carbocycles. The first-order valence-corrected chi connectivity index (χ1v) is 6.07. The minimum atomic E-state index is 0.0151. The number of carbonyl (C=O) groups excluding carboxylic acids is 1. The van der Waals surface area contributed by atoms with Crippen molar-refractivity contribution >= 4 is 5.91 Å². The van der Waals surface area contributed by atoms with Crippen LogP contribution in [0.25, 0.3) is 0 Å². The van der Waals surface area contributed by atoms with E-state index in [1.807, 2.05) is 6.20 Å². The largest absolute Gasteiger partial charge is 0.276 e. The van der Waals surface area contributed by atoms with Gasteiger partial charge in [-0.1, -0.05) is 33.6 Å². The third kappa shape index (κ3) is 2.18. The van der Waals surface area contributed by atoms with Gasteiger partial charge in [0.25, 0.3) is 0 Å². The molecule has 16 heavy (non-hydrogen) atoms. The van der Waals surface area contributed by atoms with E-state index in [4.69, 9.17) is 0 Å². The maximum atomic E-state index is 12.1. The fourth-order valence-electron chi connectivity index (χ4n) is 2.21. The summed E-state index contributed by atoms with van der Waals surface area (Å²) in [6.45, 7) is 6.33. The summed E-state index contributed by atoms with van der Waals surface area (Å²) in [7, 11) is 0. The number of hydrogen-bond donors (Lipinski definition) is 0. The molecule has 0 amide bonds. The molecule has 0 aromatic carbocycles. The van der Waals surface area contributed by atoms with Crippen LogP contribution in [-0.4, -0.2) is 15.5 Å². The minimum absolute atomic E-state index is 0.0151. The molecule has 0 unspecified atom stereocenters. The van der Waals surface area contributed by atoms with Crippen molar-refractivity contribution in [2.45, 2.75) is 51.9 Å². The molecule has 1 heterocycles. The summed E-state index contributed by atoms with van der Waals surface area (Å²) in [5.74, 6) is 0.447. The van der Waals surface area contributed by atoms with Crippen LogP contribution in [0.1, 0.15) is 56.9 Å². The number of carbonyl (C=O) groups is 1. The van der Waals surface area contributed by atoms with Gasteiger partial charge in [-0.05, 0) is 12.8 Å². The second-order valence-corrected chi connectivity index (χ2v) is 5.74. The second kappa shape index (κ2) is 4.04. The fraction of sp³-hybridized carbons (Fsp3) is 0.692. The van der Waals surface area contributed by atoms with Crippen LogP contribution in [0.5, 0.6) is 0 Å². The van der Waals surface area contributed by atoms with Crippen LogP contribution in [0.4, 0.5) is 0 Å². The van der Waals surface area contributed by atoms with Gasteiger partial charge < -0.3 is 0 Å². The van der Waals surface area contributed by atoms with E-state index >= 15 is 0 Å². The van der Waals surface area contributed by atoms with E-state index < -0.39 is 0 Å². The molecule has 3 heteroatoms. The highest BCUT2D eigenvalue weighted by Crippen LogP contribution is 2.27. The van der Waals surface area contributed by atoms with E-state index in [2.05, 4.69) is 25.8 Å². The maximum Gasteiger partial charge on any atom is 0.234 e. The summed E-state index contributed by atoms with van der Waals surface area (Å²) in [6.07, 6.45) is 8.03. The third-order valence-corrected chi connectivity index (χ3v) is 3.31. The Bertz CT molecular complexity index is 381. The Labute approximate surface area is 96.9 Å². The molecule has 1 fully saturated rings. The molecule has 0 radical (unpaired) electrons. The molecule has 1 aromatic rings. The number of nitrogens with zero attached hydrogens (tertiary/aromatic N) is 2. The molecule has 0 saturated heterocycles. The van der Waals surface area contributed by atoms with Crippen molar-refractivity contribution in [1.82, 2.24) is 9.55 Å². The quantitative estimate of drug-likeness (QED) is 0.729. The van der Waals surface area contributed by atoms with Gasteiger partial charge in [-0.15, -0.1) is 0 Å². The van der Waals surface area contributed by atoms with Crippen molar-refractivity contribution in [3.05, 3.63) is 18.2 Å². The van der Waals surface area contributed by atoms with Gasteiger partial charge in [0.2, 0.25) is 5.91 Å². The molecular formula is C13H20N2O. The topological polar surface area (TPSA) is 34.9 Å². The first kappa shape index (κ1) is 11.4. The Hall–Kier alpha value is -1.12. The second-order valence-electron chi connectivity index (χ2n) is 5.74. The summed E-state index contributed by atoms with van der Waals surface area (Å²) in [6, 6.07) is 0. The average Bonchev–Trinajstić information content (AvgIpc) is 2.87. The molecule has 88 valence electrons. The summed E-state index contributed by atoms with van der Waals surface area (Å²) in [5.41, 5.74) is 1.00. The monoisotopic (exact) mass is 220 g/mol. The zero-order valence-corrected chi connectivity index (χ0v) is 10.4. The van der Waals surface area contributed by atoms with Gasteiger partial charge in [0.05, 0.1) is 5.69 Å². The summed E-state index contributed by atoms with van der Waals surface area (Å²) >= 11 is 0. The van der Waals surface area contributed by atoms with E-state index in [1.54, 1.807) is 10.9 Å². The van der Waals surface area contributed by atoms with Gasteiger partial charge in [0.15, 0.2) is 0 Å². The van der Waals surface area contributed by atoms with Crippen LogP contribution < -0.4 is 0 Å². The van der Waals surface area contributed by atoms with Crippen LogP contribution in [0.2, 0.25) is 0 Å². The summed E-state index contributed by atoms with van der Waals surface area (Å²) in [5, 5.41) is 0. The van der Waals surface area contributed by atoms with Crippen molar-refractivity contribution < 1.29 is 4.79 Å². The molecule has 1 aliphatic rings. The van der Waals surface area contributed by atoms with E-state index in [0.717, 1.165) is 18.5 Å². The first-order chi connectivity index (χ1) is 7.48. The van der Waals surface area contributed by atoms with Crippen molar-refractivity contribution in [2.75, 3.05) is 0 Å². The van der Waals surface area contributed by atoms with Crippen LogP contribution in [0, 0.1) is 5.92 Å². The molecule has 0 N–H and O–H groups in total. The molecular weight excluding hydrogens is 200 g/mol. The normalized spacial score (nSPS) is 17.9. The van der Waals surface area contributed by atoms with E-state index in [1.165, 1.54) is 12.8 Å². The highest BCUT2D eigenvalue weighted by Gasteiger charge is 2.25. The maximum absolute atomic E-state index is 12.1. The zero-order chi connectivity index (χ0) is 11.8. The minimum Gasteiger partial charge on any atom is -0.276 e. The Balaban J connectivity index is 2.15. The Morgan fingerprint density at radius 2 is 2.00 bits per heavy atom. The Morgan fingerprint density at radius 1 is 1.38 bits per heavy atom. The highest BCUT2D eigenvalue weighted by molar-refractivity contribution is 5.81. The molecule has 0 atom stereocenters. The lowest BCUT2D eigenvalue weighted by Crippen LogP contribution is -2.18. The fourth-order valence-corrected chi connectivity index (χ4v) is 2.21. The predicted molar refractivity (Wildman–Crippen MR) is 63.5 cm³/mol. The van der Waals surface area contributed by atoms with Crippen molar-refractivity contribution in [1.29, 1.82) is 0 Å². The molecule has 0 bridgehead atoms. The van der Waals surface area contributed by atoms with Gasteiger partial charge in [0, 0.05) is 17.5 Å². The van der Waals surface area contributed by atoms with E-state index in [9.17, 15) is 4.79 Å². The average molecular weight is 220 g/mol. The van der Waals surface area contributed by atoms with Crippen LogP contribution >= 0.6 is 0 Å². The standard InChI is InChI=1S/C13H20N2O/c1-13(2,3)11-8-15(9-14-11)12(16)10-6-4-5-7-10/h8-10H,4-7H2,1-3H3. The molecule has 3 nitrogen and oxygen atoms in total. The van der Waals surface area contributed by atoms with Crippen molar-refractivity contribution in [3.8, 4) is 0 Å². The first-order valence-electron chi connectivity index (χ1n) is 6.07. The lowest BCUT2D eigenvalue weighted by molar-refractivity contribution is 0.0837. The van der Waals surface area contributed by atoms with Gasteiger partial charge in [-0.2, -0.15) is 0 Å². The molecule has 2 rings (SSSR count). The van der Waals surface area contributed by atoms with Crippen LogP contribution in [0.15, 0.2) is 12.5 Å². The molecule has 1 aliphatic carbocycles. The molecule has 0 spiro atoms. The zero-order valence-electron chi connectivity index (χ0n) is 10.4. The van der Waals surface area contributed by atoms with Crippen molar-refractivity contribution in [2.24, 2.45) is 5.92 Å². The van der Waals surface area contributed by atoms with Gasteiger partial charge >= 0.3 is 0 Å². The van der Waals surface area contributed by atoms with Crippen LogP contribution in [0.3, 0.4) is 0 Å². The van der Waals surface area contributed by atoms with Gasteiger partial charge in [-0.3, -0.25) is 9.36 Å². The number of rotatable bonds is 1. The number of imidazole rings is 1. The highest BCUT2D eigenvalue weighted by atomic mass is 16.2. The smallest absolute Gasteiger partial charge is 0.234 e. The van der Waals surface area contributed by atoms with Crippen molar-refractivity contribution in [3.63, 3.8) is 0 Å². The number of hydrogen-bond acceptors (Lipinski definition) is 2. The predicted octanol–water partition coefficient (Wildman–Crippen LogP) is 3.01. The molecule has 1 aromatic heterocycles. The SMILES string of the molecule is CC(C)(C)c1cn(C(=O)C2CCCC2)cn1. The Morgan fingerprint density at radius 3 is 2.50 bits per heavy atom. The Kier molecular flexibility index (Phi) is 2.87.